The van der Waals surface area contributed by atoms with Crippen LogP contribution in [0.2, 0.25) is 0 Å². The topological polar surface area (TPSA) is 99.6 Å². The minimum absolute atomic E-state index is 0.0266. The molecule has 2 N–H and O–H groups in total. The molecule has 0 aliphatic rings. The van der Waals surface area contributed by atoms with E-state index in [2.05, 4.69) is 10.3 Å². The van der Waals surface area contributed by atoms with Crippen molar-refractivity contribution >= 4 is 29.1 Å². The summed E-state index contributed by atoms with van der Waals surface area (Å²) in [6.07, 6.45) is 1.30. The molecule has 138 valence electrons. The zero-order chi connectivity index (χ0) is 19.3. The van der Waals surface area contributed by atoms with Crippen molar-refractivity contribution in [2.45, 2.75) is 19.9 Å². The van der Waals surface area contributed by atoms with Crippen molar-refractivity contribution in [1.82, 2.24) is 15.2 Å². The minimum Gasteiger partial charge on any atom is -0.480 e. The number of carboxylic acids is 1. The van der Waals surface area contributed by atoms with Gasteiger partial charge in [-0.05, 0) is 19.1 Å². The van der Waals surface area contributed by atoms with Crippen LogP contribution < -0.4 is 5.32 Å². The number of aromatic nitrogens is 1. The number of carbonyl (C=O) groups is 3. The maximum Gasteiger partial charge on any atom is 0.326 e. The first-order valence-corrected chi connectivity index (χ1v) is 8.62. The molecular weight excluding hydrogens is 361 g/mol. The largest absolute Gasteiger partial charge is 0.480 e. The maximum absolute atomic E-state index is 13.9. The molecule has 1 atom stereocenters. The number of benzene rings is 1. The van der Waals surface area contributed by atoms with Gasteiger partial charge < -0.3 is 15.3 Å². The van der Waals surface area contributed by atoms with Crippen LogP contribution in [0.25, 0.3) is 10.6 Å². The molecule has 0 aliphatic heterocycles. The van der Waals surface area contributed by atoms with Crippen LogP contribution in [0.4, 0.5) is 4.39 Å². The number of halogens is 1. The number of carbonyl (C=O) groups excluding carboxylic acids is 2. The number of thiazole rings is 1. The molecule has 1 aromatic carbocycles. The van der Waals surface area contributed by atoms with Crippen LogP contribution in [0.5, 0.6) is 0 Å². The van der Waals surface area contributed by atoms with E-state index in [1.807, 2.05) is 0 Å². The molecule has 26 heavy (non-hydrogen) atoms. The first-order chi connectivity index (χ1) is 12.3. The fourth-order valence-corrected chi connectivity index (χ4v) is 3.13. The van der Waals surface area contributed by atoms with E-state index < -0.39 is 23.7 Å². The third kappa shape index (κ3) is 4.63. The van der Waals surface area contributed by atoms with Gasteiger partial charge in [0.1, 0.15) is 21.7 Å². The van der Waals surface area contributed by atoms with Crippen LogP contribution in [0.15, 0.2) is 30.5 Å². The van der Waals surface area contributed by atoms with Crippen molar-refractivity contribution in [2.75, 3.05) is 13.1 Å². The van der Waals surface area contributed by atoms with E-state index in [4.69, 9.17) is 0 Å². The first kappa shape index (κ1) is 19.5. The van der Waals surface area contributed by atoms with E-state index in [-0.39, 0.29) is 29.4 Å². The number of nitrogens with zero attached hydrogens (tertiary/aromatic N) is 2. The van der Waals surface area contributed by atoms with E-state index in [0.29, 0.717) is 5.01 Å². The Morgan fingerprint density at radius 2 is 2.04 bits per heavy atom. The van der Waals surface area contributed by atoms with Gasteiger partial charge in [-0.1, -0.05) is 12.1 Å². The van der Waals surface area contributed by atoms with Gasteiger partial charge in [-0.15, -0.1) is 11.3 Å². The van der Waals surface area contributed by atoms with Gasteiger partial charge in [-0.25, -0.2) is 14.2 Å². The normalized spacial score (nSPS) is 11.7. The highest BCUT2D eigenvalue weighted by atomic mass is 32.1. The van der Waals surface area contributed by atoms with E-state index in [1.54, 1.807) is 18.2 Å². The summed E-state index contributed by atoms with van der Waals surface area (Å²) < 4.78 is 13.9. The predicted molar refractivity (Wildman–Crippen MR) is 94.3 cm³/mol. The SMILES string of the molecule is CC(=O)NCCN(C(=O)c1cnc(-c2ccccc2F)s1)C(C)C(=O)O. The number of rotatable bonds is 7. The number of hydrogen-bond acceptors (Lipinski definition) is 5. The molecule has 0 bridgehead atoms. The van der Waals surface area contributed by atoms with Crippen molar-refractivity contribution in [3.8, 4) is 10.6 Å². The Bertz CT molecular complexity index is 824. The summed E-state index contributed by atoms with van der Waals surface area (Å²) in [5.41, 5.74) is 0.271. The summed E-state index contributed by atoms with van der Waals surface area (Å²) in [5.74, 6) is -2.44. The summed E-state index contributed by atoms with van der Waals surface area (Å²) >= 11 is 0.983. The summed E-state index contributed by atoms with van der Waals surface area (Å²) in [7, 11) is 0. The predicted octanol–water partition coefficient (Wildman–Crippen LogP) is 2.00. The molecule has 1 unspecified atom stereocenters. The molecular formula is C17H18FN3O4S. The molecule has 2 rings (SSSR count). The zero-order valence-electron chi connectivity index (χ0n) is 14.2. The second kappa shape index (κ2) is 8.52. The lowest BCUT2D eigenvalue weighted by Gasteiger charge is -2.25. The first-order valence-electron chi connectivity index (χ1n) is 7.80. The van der Waals surface area contributed by atoms with E-state index in [0.717, 1.165) is 16.2 Å². The highest BCUT2D eigenvalue weighted by Gasteiger charge is 2.28. The van der Waals surface area contributed by atoms with Crippen LogP contribution in [0.3, 0.4) is 0 Å². The van der Waals surface area contributed by atoms with Gasteiger partial charge in [0.15, 0.2) is 0 Å². The molecule has 2 amide bonds. The second-order valence-corrected chi connectivity index (χ2v) is 6.54. The van der Waals surface area contributed by atoms with Gasteiger partial charge in [0.05, 0.1) is 6.20 Å². The second-order valence-electron chi connectivity index (χ2n) is 5.51. The van der Waals surface area contributed by atoms with Crippen LogP contribution >= 0.6 is 11.3 Å². The van der Waals surface area contributed by atoms with Crippen molar-refractivity contribution in [2.24, 2.45) is 0 Å². The Morgan fingerprint density at radius 3 is 2.65 bits per heavy atom. The lowest BCUT2D eigenvalue weighted by molar-refractivity contribution is -0.141. The molecule has 0 radical (unpaired) electrons. The standard InChI is InChI=1S/C17H18FN3O4S/c1-10(17(24)25)21(8-7-19-11(2)22)16(23)14-9-20-15(26-14)12-5-3-4-6-13(12)18/h3-6,9-10H,7-8H2,1-2H3,(H,19,22)(H,24,25). The van der Waals surface area contributed by atoms with E-state index in [9.17, 15) is 23.9 Å². The monoisotopic (exact) mass is 379 g/mol. The molecule has 0 fully saturated rings. The molecule has 0 saturated heterocycles. The van der Waals surface area contributed by atoms with Gasteiger partial charge >= 0.3 is 5.97 Å². The maximum atomic E-state index is 13.9. The molecule has 2 aromatic rings. The number of aliphatic carboxylic acids is 1. The van der Waals surface area contributed by atoms with Crippen LogP contribution in [0.1, 0.15) is 23.5 Å². The van der Waals surface area contributed by atoms with Crippen molar-refractivity contribution in [3.63, 3.8) is 0 Å². The van der Waals surface area contributed by atoms with E-state index >= 15 is 0 Å². The molecule has 0 spiro atoms. The fraction of sp³-hybridized carbons (Fsp3) is 0.294. The molecule has 1 aromatic heterocycles. The third-order valence-electron chi connectivity index (χ3n) is 3.63. The Balaban J connectivity index is 2.23. The Hall–Kier alpha value is -2.81. The van der Waals surface area contributed by atoms with Gasteiger partial charge in [-0.3, -0.25) is 9.59 Å². The van der Waals surface area contributed by atoms with E-state index in [1.165, 1.54) is 26.1 Å². The number of carboxylic acid groups (broad SMARTS) is 1. The average molecular weight is 379 g/mol. The molecule has 9 heteroatoms. The van der Waals surface area contributed by atoms with Crippen molar-refractivity contribution < 1.29 is 23.9 Å². The average Bonchev–Trinajstić information content (AvgIpc) is 3.07. The highest BCUT2D eigenvalue weighted by molar-refractivity contribution is 7.16. The lowest BCUT2D eigenvalue weighted by Crippen LogP contribution is -2.46. The summed E-state index contributed by atoms with van der Waals surface area (Å²) in [5, 5.41) is 12.1. The third-order valence-corrected chi connectivity index (χ3v) is 4.65. The minimum atomic E-state index is -1.17. The Kier molecular flexibility index (Phi) is 6.40. The Morgan fingerprint density at radius 1 is 1.35 bits per heavy atom. The number of amides is 2. The highest BCUT2D eigenvalue weighted by Crippen LogP contribution is 2.28. The molecule has 0 saturated carbocycles. The molecule has 1 heterocycles. The smallest absolute Gasteiger partial charge is 0.326 e. The van der Waals surface area contributed by atoms with Crippen molar-refractivity contribution in [3.05, 3.63) is 41.2 Å². The van der Waals surface area contributed by atoms with Gasteiger partial charge in [0, 0.05) is 25.6 Å². The van der Waals surface area contributed by atoms with Crippen LogP contribution in [-0.2, 0) is 9.59 Å². The van der Waals surface area contributed by atoms with Gasteiger partial charge in [0.25, 0.3) is 5.91 Å². The summed E-state index contributed by atoms with van der Waals surface area (Å²) in [6, 6.07) is 4.97. The summed E-state index contributed by atoms with van der Waals surface area (Å²) in [6.45, 7) is 2.86. The van der Waals surface area contributed by atoms with Crippen molar-refractivity contribution in [1.29, 1.82) is 0 Å². The molecule has 7 nitrogen and oxygen atoms in total. The summed E-state index contributed by atoms with van der Waals surface area (Å²) in [4.78, 5) is 40.4. The number of hydrogen-bond donors (Lipinski definition) is 2. The molecule has 0 aliphatic carbocycles. The number of nitrogens with one attached hydrogen (secondary N) is 1. The fourth-order valence-electron chi connectivity index (χ4n) is 2.23. The zero-order valence-corrected chi connectivity index (χ0v) is 15.0. The Labute approximate surface area is 153 Å². The van der Waals surface area contributed by atoms with Gasteiger partial charge in [-0.2, -0.15) is 0 Å². The van der Waals surface area contributed by atoms with Crippen LogP contribution in [-0.4, -0.2) is 51.9 Å². The lowest BCUT2D eigenvalue weighted by atomic mass is 10.2. The van der Waals surface area contributed by atoms with Gasteiger partial charge in [0.2, 0.25) is 5.91 Å². The quantitative estimate of drug-likeness (QED) is 0.767. The van der Waals surface area contributed by atoms with Crippen LogP contribution in [0, 0.1) is 5.82 Å².